The summed E-state index contributed by atoms with van der Waals surface area (Å²) in [6.07, 6.45) is -0.477. The zero-order valence-corrected chi connectivity index (χ0v) is 19.0. The Morgan fingerprint density at radius 3 is 2.50 bits per heavy atom. The van der Waals surface area contributed by atoms with Gasteiger partial charge in [-0.05, 0) is 39.8 Å². The first kappa shape index (κ1) is 23.5. The first-order valence-electron chi connectivity index (χ1n) is 9.46. The molecule has 0 radical (unpaired) electrons. The number of carbonyl (C=O) groups excluding carboxylic acids is 1. The van der Waals surface area contributed by atoms with Gasteiger partial charge in [-0.25, -0.2) is 4.79 Å². The van der Waals surface area contributed by atoms with E-state index in [0.29, 0.717) is 0 Å². The number of benzene rings is 1. The molecule has 2 aliphatic rings. The monoisotopic (exact) mass is 464 g/mol. The normalized spacial score (nSPS) is 28.1. The second kappa shape index (κ2) is 8.43. The Balaban J connectivity index is 1.81. The average Bonchev–Trinajstić information content (AvgIpc) is 2.92. The Morgan fingerprint density at radius 2 is 1.87 bits per heavy atom. The van der Waals surface area contributed by atoms with Gasteiger partial charge in [-0.1, -0.05) is 23.2 Å². The van der Waals surface area contributed by atoms with Crippen molar-refractivity contribution in [2.75, 3.05) is 20.3 Å². The minimum atomic E-state index is -1.56. The van der Waals surface area contributed by atoms with Gasteiger partial charge >= 0.3 is 5.97 Å². The van der Waals surface area contributed by atoms with Crippen LogP contribution >= 0.6 is 23.2 Å². The molecule has 2 heterocycles. The molecule has 1 N–H and O–H groups in total. The lowest BCUT2D eigenvalue weighted by molar-refractivity contribution is -0.365. The Morgan fingerprint density at radius 1 is 1.23 bits per heavy atom. The standard InChI is InChI=1S/C20H26Cl2O8/c1-18(2,24)30-20(8-13-14(9-27-20)29-19(3,4)28-13)10-26-17(23)15-11(21)6-7-12(22)16(15)25-5/h6-7,13-14,24H,8-10H2,1-5H3. The SMILES string of the molecule is COc1c(Cl)ccc(Cl)c1C(=O)OCC1(OC(C)(C)O)CC2OC(C)(C)OC2CO1. The van der Waals surface area contributed by atoms with Crippen LogP contribution in [0.5, 0.6) is 5.75 Å². The molecule has 3 unspecified atom stereocenters. The molecule has 0 aliphatic carbocycles. The first-order valence-corrected chi connectivity index (χ1v) is 10.2. The molecule has 10 heteroatoms. The summed E-state index contributed by atoms with van der Waals surface area (Å²) in [4.78, 5) is 12.8. The Kier molecular flexibility index (Phi) is 6.61. The quantitative estimate of drug-likeness (QED) is 0.504. The van der Waals surface area contributed by atoms with Gasteiger partial charge in [0.15, 0.2) is 17.3 Å². The zero-order valence-electron chi connectivity index (χ0n) is 17.5. The van der Waals surface area contributed by atoms with Crippen molar-refractivity contribution >= 4 is 29.2 Å². The molecule has 0 saturated carbocycles. The van der Waals surface area contributed by atoms with Crippen LogP contribution in [0.2, 0.25) is 10.0 Å². The molecule has 3 atom stereocenters. The van der Waals surface area contributed by atoms with Crippen LogP contribution in [-0.4, -0.2) is 61.0 Å². The van der Waals surface area contributed by atoms with E-state index in [1.807, 2.05) is 0 Å². The third-order valence-corrected chi connectivity index (χ3v) is 5.25. The topological polar surface area (TPSA) is 92.7 Å². The van der Waals surface area contributed by atoms with Crippen LogP contribution in [0.15, 0.2) is 12.1 Å². The number of methoxy groups -OCH3 is 1. The highest BCUT2D eigenvalue weighted by Gasteiger charge is 2.53. The predicted molar refractivity (Wildman–Crippen MR) is 108 cm³/mol. The Bertz CT molecular complexity index is 807. The van der Waals surface area contributed by atoms with E-state index in [-0.39, 0.29) is 53.2 Å². The van der Waals surface area contributed by atoms with Gasteiger partial charge in [0.05, 0.1) is 29.9 Å². The minimum Gasteiger partial charge on any atom is -0.494 e. The Labute approximate surface area is 185 Å². The third-order valence-electron chi connectivity index (χ3n) is 4.63. The summed E-state index contributed by atoms with van der Waals surface area (Å²) in [5.41, 5.74) is -0.0136. The van der Waals surface area contributed by atoms with Crippen molar-refractivity contribution < 1.29 is 38.3 Å². The molecular weight excluding hydrogens is 439 g/mol. The lowest BCUT2D eigenvalue weighted by atomic mass is 10.0. The predicted octanol–water partition coefficient (Wildman–Crippen LogP) is 3.54. The molecule has 0 amide bonds. The number of aliphatic hydroxyl groups is 1. The van der Waals surface area contributed by atoms with Crippen molar-refractivity contribution in [3.8, 4) is 5.75 Å². The van der Waals surface area contributed by atoms with E-state index in [0.717, 1.165) is 0 Å². The fourth-order valence-corrected chi connectivity index (χ4v) is 4.11. The smallest absolute Gasteiger partial charge is 0.343 e. The van der Waals surface area contributed by atoms with Crippen LogP contribution in [0.25, 0.3) is 0 Å². The van der Waals surface area contributed by atoms with Gasteiger partial charge in [0.2, 0.25) is 5.79 Å². The van der Waals surface area contributed by atoms with E-state index in [1.165, 1.54) is 33.1 Å². The Hall–Kier alpha value is -1.13. The van der Waals surface area contributed by atoms with Crippen LogP contribution in [0.4, 0.5) is 0 Å². The van der Waals surface area contributed by atoms with Crippen LogP contribution < -0.4 is 4.74 Å². The molecule has 2 saturated heterocycles. The number of fused-ring (bicyclic) bond motifs is 1. The summed E-state index contributed by atoms with van der Waals surface area (Å²) in [7, 11) is 1.37. The van der Waals surface area contributed by atoms with Crippen LogP contribution in [0.1, 0.15) is 44.5 Å². The van der Waals surface area contributed by atoms with E-state index >= 15 is 0 Å². The number of rotatable bonds is 6. The fraction of sp³-hybridized carbons (Fsp3) is 0.650. The summed E-state index contributed by atoms with van der Waals surface area (Å²) in [5, 5.41) is 10.6. The van der Waals surface area contributed by atoms with E-state index in [1.54, 1.807) is 13.8 Å². The highest BCUT2D eigenvalue weighted by Crippen LogP contribution is 2.41. The number of carbonyl (C=O) groups is 1. The molecule has 0 bridgehead atoms. The average molecular weight is 465 g/mol. The summed E-state index contributed by atoms with van der Waals surface area (Å²) in [6, 6.07) is 2.99. The minimum absolute atomic E-state index is 0.0136. The number of hydrogen-bond acceptors (Lipinski definition) is 8. The van der Waals surface area contributed by atoms with Gasteiger partial charge in [-0.2, -0.15) is 0 Å². The number of halogens is 2. The summed E-state index contributed by atoms with van der Waals surface area (Å²) in [6.45, 7) is 6.34. The molecule has 168 valence electrons. The molecule has 2 aliphatic heterocycles. The van der Waals surface area contributed by atoms with E-state index in [4.69, 9.17) is 51.6 Å². The summed E-state index contributed by atoms with van der Waals surface area (Å²) >= 11 is 12.3. The van der Waals surface area contributed by atoms with Crippen LogP contribution in [0.3, 0.4) is 0 Å². The third kappa shape index (κ3) is 5.19. The molecule has 1 aromatic rings. The van der Waals surface area contributed by atoms with Gasteiger partial charge < -0.3 is 33.5 Å². The van der Waals surface area contributed by atoms with Gasteiger partial charge in [0.1, 0.15) is 18.3 Å². The zero-order chi connectivity index (χ0) is 22.3. The van der Waals surface area contributed by atoms with Crippen molar-refractivity contribution in [2.45, 2.75) is 63.7 Å². The fourth-order valence-electron chi connectivity index (χ4n) is 3.65. The van der Waals surface area contributed by atoms with Gasteiger partial charge in [-0.3, -0.25) is 0 Å². The molecule has 8 nitrogen and oxygen atoms in total. The summed E-state index contributed by atoms with van der Waals surface area (Å²) < 4.78 is 34.1. The molecule has 3 rings (SSSR count). The van der Waals surface area contributed by atoms with Gasteiger partial charge in [0, 0.05) is 6.42 Å². The van der Waals surface area contributed by atoms with Crippen molar-refractivity contribution in [3.05, 3.63) is 27.7 Å². The second-order valence-corrected chi connectivity index (χ2v) is 9.02. The maximum Gasteiger partial charge on any atom is 0.343 e. The van der Waals surface area contributed by atoms with Crippen molar-refractivity contribution in [3.63, 3.8) is 0 Å². The highest BCUT2D eigenvalue weighted by molar-refractivity contribution is 6.37. The van der Waals surface area contributed by atoms with Crippen LogP contribution in [-0.2, 0) is 23.7 Å². The van der Waals surface area contributed by atoms with Gasteiger partial charge in [-0.15, -0.1) is 0 Å². The maximum atomic E-state index is 12.8. The molecule has 30 heavy (non-hydrogen) atoms. The lowest BCUT2D eigenvalue weighted by Gasteiger charge is -2.42. The largest absolute Gasteiger partial charge is 0.494 e. The van der Waals surface area contributed by atoms with Crippen molar-refractivity contribution in [1.29, 1.82) is 0 Å². The van der Waals surface area contributed by atoms with Gasteiger partial charge in [0.25, 0.3) is 0 Å². The number of esters is 1. The molecular formula is C20H26Cl2O8. The second-order valence-electron chi connectivity index (χ2n) is 8.20. The molecule has 2 fully saturated rings. The lowest BCUT2D eigenvalue weighted by Crippen LogP contribution is -2.55. The van der Waals surface area contributed by atoms with Crippen molar-refractivity contribution in [2.24, 2.45) is 0 Å². The molecule has 1 aromatic carbocycles. The maximum absolute atomic E-state index is 12.8. The van der Waals surface area contributed by atoms with Crippen LogP contribution in [0, 0.1) is 0 Å². The van der Waals surface area contributed by atoms with E-state index < -0.39 is 23.3 Å². The highest BCUT2D eigenvalue weighted by atomic mass is 35.5. The molecule has 0 aromatic heterocycles. The van der Waals surface area contributed by atoms with E-state index in [9.17, 15) is 9.90 Å². The first-order chi connectivity index (χ1) is 13.8. The summed E-state index contributed by atoms with van der Waals surface area (Å²) in [5.74, 6) is -4.45. The number of hydrogen-bond donors (Lipinski definition) is 1. The van der Waals surface area contributed by atoms with E-state index in [2.05, 4.69) is 0 Å². The number of ether oxygens (including phenoxy) is 6. The van der Waals surface area contributed by atoms with Crippen molar-refractivity contribution in [1.82, 2.24) is 0 Å². The molecule has 0 spiro atoms.